The van der Waals surface area contributed by atoms with E-state index in [1.165, 1.54) is 11.1 Å². The molecule has 0 aromatic heterocycles. The molecule has 2 heterocycles. The summed E-state index contributed by atoms with van der Waals surface area (Å²) in [6.07, 6.45) is 2.48. The van der Waals surface area contributed by atoms with Gasteiger partial charge < -0.3 is 10.0 Å². The molecule has 1 aromatic rings. The van der Waals surface area contributed by atoms with E-state index in [-0.39, 0.29) is 11.8 Å². The highest BCUT2D eigenvalue weighted by Crippen LogP contribution is 2.20. The van der Waals surface area contributed by atoms with E-state index in [0.29, 0.717) is 19.6 Å². The first-order valence-corrected chi connectivity index (χ1v) is 7.93. The lowest BCUT2D eigenvalue weighted by molar-refractivity contribution is -0.145. The van der Waals surface area contributed by atoms with Crippen LogP contribution in [0.25, 0.3) is 0 Å². The first-order valence-electron chi connectivity index (χ1n) is 7.93. The number of amides is 1. The van der Waals surface area contributed by atoms with Crippen LogP contribution in [0.5, 0.6) is 0 Å². The number of fused-ring (bicyclic) bond motifs is 1. The van der Waals surface area contributed by atoms with Crippen molar-refractivity contribution in [3.63, 3.8) is 0 Å². The van der Waals surface area contributed by atoms with Crippen LogP contribution in [0.4, 0.5) is 0 Å². The van der Waals surface area contributed by atoms with E-state index in [4.69, 9.17) is 5.11 Å². The third kappa shape index (κ3) is 3.30. The molecule has 0 bridgehead atoms. The monoisotopic (exact) mass is 302 g/mol. The summed E-state index contributed by atoms with van der Waals surface area (Å²) in [4.78, 5) is 27.5. The van der Waals surface area contributed by atoms with Crippen LogP contribution in [-0.2, 0) is 22.6 Å². The summed E-state index contributed by atoms with van der Waals surface area (Å²) in [7, 11) is 0. The summed E-state index contributed by atoms with van der Waals surface area (Å²) in [6, 6.07) is 8.25. The van der Waals surface area contributed by atoms with E-state index in [1.807, 2.05) is 21.9 Å². The van der Waals surface area contributed by atoms with Gasteiger partial charge >= 0.3 is 5.97 Å². The number of aliphatic carboxylic acids is 1. The summed E-state index contributed by atoms with van der Waals surface area (Å²) < 4.78 is 0. The largest absolute Gasteiger partial charge is 0.481 e. The minimum Gasteiger partial charge on any atom is -0.481 e. The Morgan fingerprint density at radius 3 is 2.73 bits per heavy atom. The molecule has 0 radical (unpaired) electrons. The lowest BCUT2D eigenvalue weighted by Crippen LogP contribution is -2.46. The van der Waals surface area contributed by atoms with Crippen LogP contribution in [0.3, 0.4) is 0 Å². The number of hydrogen-bond donors (Lipinski definition) is 1. The molecule has 1 aromatic carbocycles. The molecular weight excluding hydrogens is 280 g/mol. The number of likely N-dealkylation sites (tertiary alicyclic amines) is 1. The highest BCUT2D eigenvalue weighted by Gasteiger charge is 2.28. The van der Waals surface area contributed by atoms with Gasteiger partial charge in [-0.3, -0.25) is 14.5 Å². The van der Waals surface area contributed by atoms with E-state index in [0.717, 1.165) is 32.4 Å². The van der Waals surface area contributed by atoms with Crippen molar-refractivity contribution in [2.75, 3.05) is 26.2 Å². The molecule has 2 aliphatic heterocycles. The van der Waals surface area contributed by atoms with Gasteiger partial charge in [-0.05, 0) is 36.9 Å². The Balaban J connectivity index is 1.58. The van der Waals surface area contributed by atoms with Crippen LogP contribution in [0, 0.1) is 5.92 Å². The molecule has 0 spiro atoms. The third-order valence-corrected chi connectivity index (χ3v) is 4.70. The molecule has 22 heavy (non-hydrogen) atoms. The maximum atomic E-state index is 12.5. The number of carbonyl (C=O) groups excluding carboxylic acids is 1. The summed E-state index contributed by atoms with van der Waals surface area (Å²) in [5.74, 6) is -0.965. The van der Waals surface area contributed by atoms with E-state index >= 15 is 0 Å². The molecule has 1 atom stereocenters. The molecule has 0 aliphatic carbocycles. The summed E-state index contributed by atoms with van der Waals surface area (Å²) in [6.45, 7) is 3.08. The lowest BCUT2D eigenvalue weighted by atomic mass is 9.98. The first-order chi connectivity index (χ1) is 10.6. The van der Waals surface area contributed by atoms with Crippen molar-refractivity contribution < 1.29 is 14.7 Å². The Morgan fingerprint density at radius 1 is 1.18 bits per heavy atom. The highest BCUT2D eigenvalue weighted by atomic mass is 16.4. The zero-order valence-corrected chi connectivity index (χ0v) is 12.7. The van der Waals surface area contributed by atoms with Gasteiger partial charge in [0.2, 0.25) is 5.91 Å². The number of piperidine rings is 1. The minimum atomic E-state index is -0.746. The molecule has 5 heteroatoms. The fourth-order valence-corrected chi connectivity index (χ4v) is 3.40. The Kier molecular flexibility index (Phi) is 4.43. The quantitative estimate of drug-likeness (QED) is 0.916. The topological polar surface area (TPSA) is 60.9 Å². The average molecular weight is 302 g/mol. The molecule has 1 fully saturated rings. The van der Waals surface area contributed by atoms with Crippen LogP contribution in [0.2, 0.25) is 0 Å². The number of carboxylic acid groups (broad SMARTS) is 1. The first kappa shape index (κ1) is 15.0. The molecule has 5 nitrogen and oxygen atoms in total. The van der Waals surface area contributed by atoms with Crippen LogP contribution in [-0.4, -0.2) is 53.0 Å². The van der Waals surface area contributed by atoms with Gasteiger partial charge in [-0.1, -0.05) is 24.3 Å². The number of rotatable bonds is 3. The SMILES string of the molecule is O=C(O)[C@@H]1CCCN(CC(=O)N2CCc3ccccc3C2)C1. The van der Waals surface area contributed by atoms with Crippen molar-refractivity contribution in [1.82, 2.24) is 9.80 Å². The van der Waals surface area contributed by atoms with Gasteiger partial charge in [-0.25, -0.2) is 0 Å². The van der Waals surface area contributed by atoms with Gasteiger partial charge in [0.1, 0.15) is 0 Å². The molecular formula is C17H22N2O3. The molecule has 0 unspecified atom stereocenters. The maximum Gasteiger partial charge on any atom is 0.307 e. The number of hydrogen-bond acceptors (Lipinski definition) is 3. The standard InChI is InChI=1S/C17H22N2O3/c20-16(12-18-8-3-6-15(10-18)17(21)22)19-9-7-13-4-1-2-5-14(13)11-19/h1-2,4-5,15H,3,6-12H2,(H,21,22)/t15-/m1/s1. The molecule has 0 saturated carbocycles. The second-order valence-corrected chi connectivity index (χ2v) is 6.25. The Labute approximate surface area is 130 Å². The van der Waals surface area contributed by atoms with Crippen molar-refractivity contribution in [3.8, 4) is 0 Å². The van der Waals surface area contributed by atoms with Crippen molar-refractivity contribution in [3.05, 3.63) is 35.4 Å². The average Bonchev–Trinajstić information content (AvgIpc) is 2.54. The van der Waals surface area contributed by atoms with Gasteiger partial charge in [-0.15, -0.1) is 0 Å². The fraction of sp³-hybridized carbons (Fsp3) is 0.529. The summed E-state index contributed by atoms with van der Waals surface area (Å²) in [5, 5.41) is 9.13. The number of nitrogens with zero attached hydrogens (tertiary/aromatic N) is 2. The Bertz CT molecular complexity index is 573. The molecule has 1 saturated heterocycles. The predicted octanol–water partition coefficient (Wildman–Crippen LogP) is 1.37. The predicted molar refractivity (Wildman–Crippen MR) is 82.4 cm³/mol. The zero-order chi connectivity index (χ0) is 15.5. The second-order valence-electron chi connectivity index (χ2n) is 6.25. The van der Waals surface area contributed by atoms with Crippen molar-refractivity contribution in [2.45, 2.75) is 25.8 Å². The van der Waals surface area contributed by atoms with E-state index < -0.39 is 5.97 Å². The summed E-state index contributed by atoms with van der Waals surface area (Å²) in [5.41, 5.74) is 2.56. The van der Waals surface area contributed by atoms with Gasteiger partial charge in [0, 0.05) is 19.6 Å². The Morgan fingerprint density at radius 2 is 1.95 bits per heavy atom. The maximum absolute atomic E-state index is 12.5. The van der Waals surface area contributed by atoms with Gasteiger partial charge in [0.25, 0.3) is 0 Å². The number of carboxylic acids is 1. The molecule has 1 N–H and O–H groups in total. The third-order valence-electron chi connectivity index (χ3n) is 4.70. The van der Waals surface area contributed by atoms with E-state index in [9.17, 15) is 9.59 Å². The van der Waals surface area contributed by atoms with Gasteiger partial charge in [0.15, 0.2) is 0 Å². The smallest absolute Gasteiger partial charge is 0.307 e. The lowest BCUT2D eigenvalue weighted by Gasteiger charge is -2.34. The van der Waals surface area contributed by atoms with E-state index in [2.05, 4.69) is 12.1 Å². The van der Waals surface area contributed by atoms with Gasteiger partial charge in [0.05, 0.1) is 12.5 Å². The Hall–Kier alpha value is -1.88. The minimum absolute atomic E-state index is 0.112. The normalized spacial score (nSPS) is 22.2. The summed E-state index contributed by atoms with van der Waals surface area (Å²) >= 11 is 0. The van der Waals surface area contributed by atoms with Crippen molar-refractivity contribution in [2.24, 2.45) is 5.92 Å². The molecule has 1 amide bonds. The highest BCUT2D eigenvalue weighted by molar-refractivity contribution is 5.79. The number of benzene rings is 1. The van der Waals surface area contributed by atoms with Crippen LogP contribution in [0.1, 0.15) is 24.0 Å². The van der Waals surface area contributed by atoms with Crippen molar-refractivity contribution in [1.29, 1.82) is 0 Å². The van der Waals surface area contributed by atoms with E-state index in [1.54, 1.807) is 0 Å². The molecule has 2 aliphatic rings. The van der Waals surface area contributed by atoms with Crippen LogP contribution in [0.15, 0.2) is 24.3 Å². The zero-order valence-electron chi connectivity index (χ0n) is 12.7. The van der Waals surface area contributed by atoms with Crippen molar-refractivity contribution >= 4 is 11.9 Å². The van der Waals surface area contributed by atoms with Crippen LogP contribution < -0.4 is 0 Å². The molecule has 3 rings (SSSR count). The molecule has 118 valence electrons. The fourth-order valence-electron chi connectivity index (χ4n) is 3.40. The van der Waals surface area contributed by atoms with Crippen LogP contribution >= 0.6 is 0 Å². The van der Waals surface area contributed by atoms with Gasteiger partial charge in [-0.2, -0.15) is 0 Å². The second kappa shape index (κ2) is 6.48. The number of carbonyl (C=O) groups is 2.